The van der Waals surface area contributed by atoms with E-state index >= 15 is 0 Å². The number of aromatic nitrogens is 1. The Labute approximate surface area is 138 Å². The van der Waals surface area contributed by atoms with Crippen LogP contribution in [0.15, 0.2) is 48.7 Å². The molecule has 1 heterocycles. The molecule has 0 amide bonds. The molecule has 0 fully saturated rings. The predicted molar refractivity (Wildman–Crippen MR) is 91.5 cm³/mol. The van der Waals surface area contributed by atoms with Gasteiger partial charge in [-0.1, -0.05) is 0 Å². The van der Waals surface area contributed by atoms with Crippen molar-refractivity contribution in [3.63, 3.8) is 0 Å². The van der Waals surface area contributed by atoms with Gasteiger partial charge in [0.1, 0.15) is 0 Å². The molecule has 6 nitrogen and oxygen atoms in total. The molecule has 0 unspecified atom stereocenters. The van der Waals surface area contributed by atoms with E-state index in [1.807, 2.05) is 18.2 Å². The number of ether oxygens (including phenoxy) is 2. The summed E-state index contributed by atoms with van der Waals surface area (Å²) in [5.74, 6) is 0.274. The first-order valence-corrected chi connectivity index (χ1v) is 7.23. The second-order valence-electron chi connectivity index (χ2n) is 5.09. The summed E-state index contributed by atoms with van der Waals surface area (Å²) in [6.07, 6.45) is 1.70. The van der Waals surface area contributed by atoms with Gasteiger partial charge < -0.3 is 19.9 Å². The van der Waals surface area contributed by atoms with Crippen molar-refractivity contribution in [3.05, 3.63) is 54.2 Å². The third-order valence-corrected chi connectivity index (χ3v) is 3.66. The molecule has 2 N–H and O–H groups in total. The molecule has 0 aliphatic rings. The molecule has 2 aromatic carbocycles. The third kappa shape index (κ3) is 2.94. The number of benzene rings is 2. The van der Waals surface area contributed by atoms with Gasteiger partial charge in [-0.25, -0.2) is 4.79 Å². The van der Waals surface area contributed by atoms with Crippen molar-refractivity contribution in [2.24, 2.45) is 0 Å². The second-order valence-corrected chi connectivity index (χ2v) is 5.09. The summed E-state index contributed by atoms with van der Waals surface area (Å²) < 4.78 is 10.6. The van der Waals surface area contributed by atoms with Gasteiger partial charge in [0.2, 0.25) is 0 Å². The zero-order valence-corrected chi connectivity index (χ0v) is 13.2. The lowest BCUT2D eigenvalue weighted by atomic mass is 10.1. The number of pyridine rings is 1. The topological polar surface area (TPSA) is 80.7 Å². The fourth-order valence-electron chi connectivity index (χ4n) is 2.43. The number of carboxylic acid groups (broad SMARTS) is 1. The number of rotatable bonds is 5. The van der Waals surface area contributed by atoms with Gasteiger partial charge in [-0.3, -0.25) is 4.98 Å². The molecule has 0 aliphatic heterocycles. The number of carboxylic acids is 1. The molecule has 6 heteroatoms. The van der Waals surface area contributed by atoms with Crippen LogP contribution in [0.2, 0.25) is 0 Å². The maximum absolute atomic E-state index is 10.9. The van der Waals surface area contributed by atoms with E-state index in [0.717, 1.165) is 22.3 Å². The summed E-state index contributed by atoms with van der Waals surface area (Å²) >= 11 is 0. The predicted octanol–water partition coefficient (Wildman–Crippen LogP) is 3.69. The monoisotopic (exact) mass is 324 g/mol. The van der Waals surface area contributed by atoms with Crippen molar-refractivity contribution in [2.75, 3.05) is 19.5 Å². The Kier molecular flexibility index (Phi) is 4.20. The zero-order valence-electron chi connectivity index (χ0n) is 13.2. The molecule has 0 spiro atoms. The minimum absolute atomic E-state index is 0.242. The number of methoxy groups -OCH3 is 2. The van der Waals surface area contributed by atoms with Gasteiger partial charge in [-0.2, -0.15) is 0 Å². The number of nitrogens with zero attached hydrogens (tertiary/aromatic N) is 1. The van der Waals surface area contributed by atoms with Crippen LogP contribution < -0.4 is 14.8 Å². The molecule has 24 heavy (non-hydrogen) atoms. The highest BCUT2D eigenvalue weighted by atomic mass is 16.5. The molecule has 0 radical (unpaired) electrons. The molecule has 0 saturated heterocycles. The summed E-state index contributed by atoms with van der Waals surface area (Å²) in [5, 5.41) is 13.1. The van der Waals surface area contributed by atoms with E-state index < -0.39 is 5.97 Å². The molecular formula is C18H16N2O4. The van der Waals surface area contributed by atoms with Gasteiger partial charge in [0, 0.05) is 29.0 Å². The molecule has 122 valence electrons. The second kappa shape index (κ2) is 6.45. The Hall–Kier alpha value is -3.28. The zero-order chi connectivity index (χ0) is 17.1. The van der Waals surface area contributed by atoms with Crippen LogP contribution in [0.3, 0.4) is 0 Å². The van der Waals surface area contributed by atoms with Crippen LogP contribution in [0.4, 0.5) is 11.4 Å². The summed E-state index contributed by atoms with van der Waals surface area (Å²) in [6, 6.07) is 12.1. The van der Waals surface area contributed by atoms with Gasteiger partial charge >= 0.3 is 5.97 Å². The highest BCUT2D eigenvalue weighted by Crippen LogP contribution is 2.35. The van der Waals surface area contributed by atoms with Crippen LogP contribution >= 0.6 is 0 Å². The highest BCUT2D eigenvalue weighted by Gasteiger charge is 2.10. The number of carbonyl (C=O) groups is 1. The fourth-order valence-corrected chi connectivity index (χ4v) is 2.43. The molecule has 3 aromatic rings. The molecule has 0 aliphatic carbocycles. The number of fused-ring (bicyclic) bond motifs is 1. The Balaban J connectivity index is 2.01. The van der Waals surface area contributed by atoms with E-state index in [9.17, 15) is 4.79 Å². The van der Waals surface area contributed by atoms with Crippen LogP contribution in [0.25, 0.3) is 10.9 Å². The molecule has 0 atom stereocenters. The largest absolute Gasteiger partial charge is 0.493 e. The van der Waals surface area contributed by atoms with E-state index in [4.69, 9.17) is 14.6 Å². The number of hydrogen-bond donors (Lipinski definition) is 2. The quantitative estimate of drug-likeness (QED) is 0.745. The fraction of sp³-hybridized carbons (Fsp3) is 0.111. The lowest BCUT2D eigenvalue weighted by Crippen LogP contribution is -1.98. The average Bonchev–Trinajstić information content (AvgIpc) is 2.61. The van der Waals surface area contributed by atoms with Gasteiger partial charge in [0.05, 0.1) is 25.3 Å². The van der Waals surface area contributed by atoms with Crippen LogP contribution in [0, 0.1) is 0 Å². The van der Waals surface area contributed by atoms with Crippen LogP contribution in [-0.4, -0.2) is 30.3 Å². The van der Waals surface area contributed by atoms with E-state index in [2.05, 4.69) is 10.3 Å². The van der Waals surface area contributed by atoms with Gasteiger partial charge in [0.15, 0.2) is 11.5 Å². The average molecular weight is 324 g/mol. The Morgan fingerprint density at radius 1 is 1.04 bits per heavy atom. The first-order valence-electron chi connectivity index (χ1n) is 7.23. The number of anilines is 2. The van der Waals surface area contributed by atoms with Crippen LogP contribution in [0.5, 0.6) is 11.5 Å². The number of nitrogens with one attached hydrogen (secondary N) is 1. The standard InChI is InChI=1S/C18H16N2O4/c1-23-16-9-13-14(7-8-19-15(13)10-17(16)24-2)20-12-5-3-11(4-6-12)18(21)22/h3-10H,1-2H3,(H,19,20)(H,21,22). The summed E-state index contributed by atoms with van der Waals surface area (Å²) in [6.45, 7) is 0. The third-order valence-electron chi connectivity index (χ3n) is 3.66. The summed E-state index contributed by atoms with van der Waals surface area (Å²) in [4.78, 5) is 15.3. The molecule has 0 bridgehead atoms. The van der Waals surface area contributed by atoms with E-state index in [1.165, 1.54) is 0 Å². The maximum Gasteiger partial charge on any atom is 0.335 e. The smallest absolute Gasteiger partial charge is 0.335 e. The van der Waals surface area contributed by atoms with Crippen LogP contribution in [0.1, 0.15) is 10.4 Å². The number of aromatic carboxylic acids is 1. The van der Waals surface area contributed by atoms with E-state index in [1.54, 1.807) is 44.7 Å². The van der Waals surface area contributed by atoms with E-state index in [0.29, 0.717) is 11.5 Å². The molecule has 3 rings (SSSR count). The lowest BCUT2D eigenvalue weighted by molar-refractivity contribution is 0.0697. The van der Waals surface area contributed by atoms with Crippen molar-refractivity contribution in [3.8, 4) is 11.5 Å². The molecule has 0 saturated carbocycles. The first-order chi connectivity index (χ1) is 11.6. The van der Waals surface area contributed by atoms with Crippen molar-refractivity contribution in [1.29, 1.82) is 0 Å². The lowest BCUT2D eigenvalue weighted by Gasteiger charge is -2.13. The minimum Gasteiger partial charge on any atom is -0.493 e. The van der Waals surface area contributed by atoms with Crippen molar-refractivity contribution < 1.29 is 19.4 Å². The van der Waals surface area contributed by atoms with Crippen molar-refractivity contribution in [2.45, 2.75) is 0 Å². The van der Waals surface area contributed by atoms with Crippen LogP contribution in [-0.2, 0) is 0 Å². The minimum atomic E-state index is -0.951. The van der Waals surface area contributed by atoms with Gasteiger partial charge in [-0.05, 0) is 36.4 Å². The molecule has 1 aromatic heterocycles. The SMILES string of the molecule is COc1cc2nccc(Nc3ccc(C(=O)O)cc3)c2cc1OC. The van der Waals surface area contributed by atoms with Gasteiger partial charge in [-0.15, -0.1) is 0 Å². The van der Waals surface area contributed by atoms with Crippen molar-refractivity contribution >= 4 is 28.2 Å². The van der Waals surface area contributed by atoms with Crippen molar-refractivity contribution in [1.82, 2.24) is 4.98 Å². The van der Waals surface area contributed by atoms with Gasteiger partial charge in [0.25, 0.3) is 0 Å². The summed E-state index contributed by atoms with van der Waals surface area (Å²) in [7, 11) is 3.16. The Morgan fingerprint density at radius 2 is 1.71 bits per heavy atom. The molecular weight excluding hydrogens is 308 g/mol. The normalized spacial score (nSPS) is 10.4. The maximum atomic E-state index is 10.9. The Morgan fingerprint density at radius 3 is 2.33 bits per heavy atom. The first kappa shape index (κ1) is 15.6. The Bertz CT molecular complexity index is 891. The highest BCUT2D eigenvalue weighted by molar-refractivity contribution is 5.95. The van der Waals surface area contributed by atoms with E-state index in [-0.39, 0.29) is 5.56 Å². The summed E-state index contributed by atoms with van der Waals surface area (Å²) in [5.41, 5.74) is 2.62. The number of hydrogen-bond acceptors (Lipinski definition) is 5.